The van der Waals surface area contributed by atoms with E-state index in [1.807, 2.05) is 0 Å². The van der Waals surface area contributed by atoms with Crippen LogP contribution in [0.25, 0.3) is 0 Å². The first-order valence-electron chi connectivity index (χ1n) is 6.90. The number of amides is 2. The fourth-order valence-electron chi connectivity index (χ4n) is 2.34. The monoisotopic (exact) mass is 312 g/mol. The summed E-state index contributed by atoms with van der Waals surface area (Å²) in [6, 6.07) is -0.177. The van der Waals surface area contributed by atoms with Crippen LogP contribution < -0.4 is 10.6 Å². The Hall–Kier alpha value is -1.67. The van der Waals surface area contributed by atoms with E-state index in [9.17, 15) is 9.59 Å². The van der Waals surface area contributed by atoms with Crippen LogP contribution in [0.4, 0.5) is 4.79 Å². The first kappa shape index (κ1) is 15.7. The number of carboxylic acids is 1. The van der Waals surface area contributed by atoms with Crippen molar-refractivity contribution in [2.45, 2.75) is 31.8 Å². The molecule has 116 valence electrons. The number of hydrogen-bond donors (Lipinski definition) is 3. The van der Waals surface area contributed by atoms with Gasteiger partial charge in [-0.3, -0.25) is 0 Å². The van der Waals surface area contributed by atoms with Crippen LogP contribution in [0, 0.1) is 0 Å². The van der Waals surface area contributed by atoms with Crippen LogP contribution >= 0.6 is 11.3 Å². The summed E-state index contributed by atoms with van der Waals surface area (Å²) in [5, 5.41) is 16.5. The lowest BCUT2D eigenvalue weighted by molar-refractivity contribution is 0.0691. The van der Waals surface area contributed by atoms with Crippen LogP contribution in [0.1, 0.15) is 41.3 Å². The Labute approximate surface area is 127 Å². The third kappa shape index (κ3) is 4.15. The van der Waals surface area contributed by atoms with Crippen molar-refractivity contribution in [3.63, 3.8) is 0 Å². The molecule has 1 aromatic heterocycles. The molecule has 1 aliphatic heterocycles. The van der Waals surface area contributed by atoms with Gasteiger partial charge < -0.3 is 20.6 Å². The number of nitrogens with zero attached hydrogens (tertiary/aromatic N) is 2. The first-order valence-corrected chi connectivity index (χ1v) is 7.78. The maximum absolute atomic E-state index is 11.9. The molecule has 0 spiro atoms. The summed E-state index contributed by atoms with van der Waals surface area (Å²) in [6.45, 7) is 3.47. The fraction of sp³-hybridized carbons (Fsp3) is 0.615. The Kier molecular flexibility index (Phi) is 5.13. The van der Waals surface area contributed by atoms with E-state index >= 15 is 0 Å². The highest BCUT2D eigenvalue weighted by molar-refractivity contribution is 7.09. The molecule has 0 radical (unpaired) electrons. The second kappa shape index (κ2) is 6.86. The van der Waals surface area contributed by atoms with Crippen molar-refractivity contribution >= 4 is 23.3 Å². The zero-order valence-electron chi connectivity index (χ0n) is 12.1. The number of carbonyl (C=O) groups excluding carboxylic acids is 1. The van der Waals surface area contributed by atoms with Crippen LogP contribution in [-0.2, 0) is 0 Å². The molecule has 1 aliphatic rings. The van der Waals surface area contributed by atoms with Crippen molar-refractivity contribution in [1.82, 2.24) is 20.5 Å². The Bertz CT molecular complexity index is 519. The van der Waals surface area contributed by atoms with Crippen molar-refractivity contribution in [3.05, 3.63) is 16.1 Å². The Morgan fingerprint density at radius 3 is 2.95 bits per heavy atom. The molecular formula is C13H20N4O3S. The van der Waals surface area contributed by atoms with Crippen molar-refractivity contribution in [2.24, 2.45) is 0 Å². The molecule has 1 fully saturated rings. The molecular weight excluding hydrogens is 292 g/mol. The molecule has 2 unspecified atom stereocenters. The summed E-state index contributed by atoms with van der Waals surface area (Å²) in [5.74, 6) is -1.06. The number of aromatic carboxylic acids is 1. The number of urea groups is 1. The molecule has 2 rings (SSSR count). The maximum Gasteiger partial charge on any atom is 0.355 e. The van der Waals surface area contributed by atoms with E-state index in [0.717, 1.165) is 19.4 Å². The molecule has 1 aromatic rings. The lowest BCUT2D eigenvalue weighted by Gasteiger charge is -2.20. The number of likely N-dealkylation sites (tertiary alicyclic amines) is 1. The van der Waals surface area contributed by atoms with Gasteiger partial charge in [0, 0.05) is 18.0 Å². The Morgan fingerprint density at radius 2 is 2.38 bits per heavy atom. The summed E-state index contributed by atoms with van der Waals surface area (Å²) in [7, 11) is 2.06. The van der Waals surface area contributed by atoms with Gasteiger partial charge in [-0.05, 0) is 33.4 Å². The third-order valence-corrected chi connectivity index (χ3v) is 4.66. The molecule has 1 saturated heterocycles. The van der Waals surface area contributed by atoms with E-state index in [1.165, 1.54) is 16.7 Å². The minimum atomic E-state index is -1.06. The number of rotatable bonds is 5. The van der Waals surface area contributed by atoms with E-state index in [1.54, 1.807) is 6.92 Å². The lowest BCUT2D eigenvalue weighted by Crippen LogP contribution is -2.43. The Morgan fingerprint density at radius 1 is 1.62 bits per heavy atom. The molecule has 7 nitrogen and oxygen atoms in total. The Balaban J connectivity index is 1.79. The van der Waals surface area contributed by atoms with Gasteiger partial charge in [-0.2, -0.15) is 0 Å². The average Bonchev–Trinajstić information content (AvgIpc) is 3.05. The quantitative estimate of drug-likeness (QED) is 0.762. The van der Waals surface area contributed by atoms with E-state index in [4.69, 9.17) is 5.11 Å². The number of carboxylic acid groups (broad SMARTS) is 1. The van der Waals surface area contributed by atoms with Crippen LogP contribution in [-0.4, -0.2) is 53.2 Å². The fourth-order valence-corrected chi connectivity index (χ4v) is 3.14. The number of likely N-dealkylation sites (N-methyl/N-ethyl adjacent to an activating group) is 1. The van der Waals surface area contributed by atoms with Crippen LogP contribution in [0.5, 0.6) is 0 Å². The zero-order chi connectivity index (χ0) is 15.4. The first-order chi connectivity index (χ1) is 9.97. The minimum Gasteiger partial charge on any atom is -0.476 e. The highest BCUT2D eigenvalue weighted by Crippen LogP contribution is 2.18. The molecule has 2 amide bonds. The largest absolute Gasteiger partial charge is 0.476 e. The number of thiazole rings is 1. The van der Waals surface area contributed by atoms with Gasteiger partial charge in [0.25, 0.3) is 0 Å². The minimum absolute atomic E-state index is 0.0108. The number of carbonyl (C=O) groups is 2. The number of hydrogen-bond acceptors (Lipinski definition) is 5. The number of aromatic nitrogens is 1. The van der Waals surface area contributed by atoms with Crippen LogP contribution in [0.2, 0.25) is 0 Å². The third-order valence-electron chi connectivity index (χ3n) is 3.63. The molecule has 8 heteroatoms. The van der Waals surface area contributed by atoms with Crippen molar-refractivity contribution in [2.75, 3.05) is 20.1 Å². The predicted octanol–water partition coefficient (Wildman–Crippen LogP) is 1.30. The van der Waals surface area contributed by atoms with Crippen LogP contribution in [0.3, 0.4) is 0 Å². The molecule has 2 atom stereocenters. The summed E-state index contributed by atoms with van der Waals surface area (Å²) in [4.78, 5) is 28.9. The SMILES string of the molecule is CC(NC(=O)NCC1CCCN1C)c1nc(C(=O)O)cs1. The van der Waals surface area contributed by atoms with Gasteiger partial charge in [0.15, 0.2) is 5.69 Å². The summed E-state index contributed by atoms with van der Waals surface area (Å²) >= 11 is 1.23. The van der Waals surface area contributed by atoms with Gasteiger partial charge >= 0.3 is 12.0 Å². The molecule has 2 heterocycles. The normalized spacial score (nSPS) is 20.2. The zero-order valence-corrected chi connectivity index (χ0v) is 12.9. The van der Waals surface area contributed by atoms with E-state index in [-0.39, 0.29) is 17.8 Å². The molecule has 0 bridgehead atoms. The second-order valence-electron chi connectivity index (χ2n) is 5.23. The maximum atomic E-state index is 11.9. The van der Waals surface area contributed by atoms with Gasteiger partial charge in [-0.1, -0.05) is 0 Å². The molecule has 21 heavy (non-hydrogen) atoms. The van der Waals surface area contributed by atoms with E-state index in [2.05, 4.69) is 27.6 Å². The standard InChI is InChI=1S/C13H20N4O3S/c1-8(11-16-10(7-21-11)12(18)19)15-13(20)14-6-9-4-3-5-17(9)2/h7-9H,3-6H2,1-2H3,(H,18,19)(H2,14,15,20). The van der Waals surface area contributed by atoms with Crippen LogP contribution in [0.15, 0.2) is 5.38 Å². The topological polar surface area (TPSA) is 94.6 Å². The molecule has 0 aromatic carbocycles. The summed E-state index contributed by atoms with van der Waals surface area (Å²) in [6.07, 6.45) is 2.26. The molecule has 0 aliphatic carbocycles. The second-order valence-corrected chi connectivity index (χ2v) is 6.12. The van der Waals surface area contributed by atoms with Gasteiger partial charge in [0.2, 0.25) is 0 Å². The molecule has 3 N–H and O–H groups in total. The molecule has 0 saturated carbocycles. The summed E-state index contributed by atoms with van der Waals surface area (Å²) in [5.41, 5.74) is 0.0108. The van der Waals surface area contributed by atoms with Gasteiger partial charge in [-0.25, -0.2) is 14.6 Å². The lowest BCUT2D eigenvalue weighted by atomic mass is 10.2. The van der Waals surface area contributed by atoms with E-state index < -0.39 is 5.97 Å². The predicted molar refractivity (Wildman–Crippen MR) is 79.7 cm³/mol. The van der Waals surface area contributed by atoms with Crippen molar-refractivity contribution < 1.29 is 14.7 Å². The smallest absolute Gasteiger partial charge is 0.355 e. The highest BCUT2D eigenvalue weighted by atomic mass is 32.1. The van der Waals surface area contributed by atoms with Crippen molar-refractivity contribution in [1.29, 1.82) is 0 Å². The van der Waals surface area contributed by atoms with Gasteiger partial charge in [0.05, 0.1) is 6.04 Å². The van der Waals surface area contributed by atoms with E-state index in [0.29, 0.717) is 17.6 Å². The van der Waals surface area contributed by atoms with Crippen molar-refractivity contribution in [3.8, 4) is 0 Å². The number of nitrogens with one attached hydrogen (secondary N) is 2. The highest BCUT2D eigenvalue weighted by Gasteiger charge is 2.22. The summed E-state index contributed by atoms with van der Waals surface area (Å²) < 4.78 is 0. The average molecular weight is 312 g/mol. The van der Waals surface area contributed by atoms with Gasteiger partial charge in [0.1, 0.15) is 5.01 Å². The van der Waals surface area contributed by atoms with Gasteiger partial charge in [-0.15, -0.1) is 11.3 Å².